The van der Waals surface area contributed by atoms with Crippen molar-refractivity contribution in [3.8, 4) is 0 Å². The second kappa shape index (κ2) is 2.21. The van der Waals surface area contributed by atoms with E-state index in [0.29, 0.717) is 5.92 Å². The quantitative estimate of drug-likeness (QED) is 0.537. The van der Waals surface area contributed by atoms with Crippen LogP contribution in [-0.4, -0.2) is 11.1 Å². The Hall–Kier alpha value is -0.790. The zero-order valence-electron chi connectivity index (χ0n) is 5.37. The van der Waals surface area contributed by atoms with Gasteiger partial charge in [-0.05, 0) is 12.3 Å². The Labute approximate surface area is 54.2 Å². The van der Waals surface area contributed by atoms with Gasteiger partial charge in [-0.3, -0.25) is 4.79 Å². The molecule has 9 heavy (non-hydrogen) atoms. The fourth-order valence-corrected chi connectivity index (χ4v) is 1.06. The van der Waals surface area contributed by atoms with E-state index < -0.39 is 5.97 Å². The molecule has 0 aromatic carbocycles. The molecule has 2 nitrogen and oxygen atoms in total. The van der Waals surface area contributed by atoms with Crippen molar-refractivity contribution in [1.29, 1.82) is 0 Å². The molecular formula is C7H10O2. The molecule has 1 rings (SSSR count). The molecule has 0 heterocycles. The number of carboxylic acids is 1. The Morgan fingerprint density at radius 3 is 2.56 bits per heavy atom. The van der Waals surface area contributed by atoms with Crippen LogP contribution in [0.1, 0.15) is 13.3 Å². The second-order valence-electron chi connectivity index (χ2n) is 2.54. The maximum atomic E-state index is 10.3. The van der Waals surface area contributed by atoms with Crippen LogP contribution in [0.3, 0.4) is 0 Å². The number of rotatable bonds is 1. The first-order valence-corrected chi connectivity index (χ1v) is 3.11. The maximum Gasteiger partial charge on any atom is 0.310 e. The van der Waals surface area contributed by atoms with Crippen LogP contribution in [0.15, 0.2) is 12.2 Å². The van der Waals surface area contributed by atoms with Gasteiger partial charge in [-0.15, -0.1) is 0 Å². The average molecular weight is 126 g/mol. The van der Waals surface area contributed by atoms with E-state index in [-0.39, 0.29) is 5.92 Å². The lowest BCUT2D eigenvalue weighted by molar-refractivity contribution is -0.140. The molecular weight excluding hydrogens is 116 g/mol. The van der Waals surface area contributed by atoms with E-state index in [1.807, 2.05) is 13.0 Å². The van der Waals surface area contributed by atoms with Crippen molar-refractivity contribution in [2.75, 3.05) is 0 Å². The number of hydrogen-bond acceptors (Lipinski definition) is 1. The first-order chi connectivity index (χ1) is 4.20. The Kier molecular flexibility index (Phi) is 1.56. The molecule has 1 N–H and O–H groups in total. The zero-order valence-corrected chi connectivity index (χ0v) is 5.37. The molecule has 0 saturated heterocycles. The number of carboxylic acid groups (broad SMARTS) is 1. The van der Waals surface area contributed by atoms with Crippen LogP contribution in [0, 0.1) is 11.8 Å². The van der Waals surface area contributed by atoms with Crippen molar-refractivity contribution in [3.63, 3.8) is 0 Å². The van der Waals surface area contributed by atoms with Gasteiger partial charge in [0.05, 0.1) is 5.92 Å². The molecule has 0 aliphatic heterocycles. The lowest BCUT2D eigenvalue weighted by atomic mass is 10.1. The summed E-state index contributed by atoms with van der Waals surface area (Å²) in [5.41, 5.74) is 0. The minimum Gasteiger partial charge on any atom is -0.481 e. The van der Waals surface area contributed by atoms with Crippen molar-refractivity contribution in [1.82, 2.24) is 0 Å². The molecule has 2 atom stereocenters. The molecule has 0 saturated carbocycles. The molecule has 0 fully saturated rings. The van der Waals surface area contributed by atoms with Crippen LogP contribution in [0.5, 0.6) is 0 Å². The average Bonchev–Trinajstić information content (AvgIpc) is 2.14. The fourth-order valence-electron chi connectivity index (χ4n) is 1.06. The van der Waals surface area contributed by atoms with E-state index in [1.54, 1.807) is 6.08 Å². The van der Waals surface area contributed by atoms with Crippen LogP contribution >= 0.6 is 0 Å². The summed E-state index contributed by atoms with van der Waals surface area (Å²) in [6.07, 6.45) is 4.50. The Morgan fingerprint density at radius 1 is 1.67 bits per heavy atom. The molecule has 0 spiro atoms. The molecule has 0 aromatic heterocycles. The van der Waals surface area contributed by atoms with Gasteiger partial charge >= 0.3 is 5.97 Å². The van der Waals surface area contributed by atoms with Crippen LogP contribution in [0.2, 0.25) is 0 Å². The van der Waals surface area contributed by atoms with E-state index in [2.05, 4.69) is 0 Å². The Morgan fingerprint density at radius 2 is 2.33 bits per heavy atom. The topological polar surface area (TPSA) is 37.3 Å². The van der Waals surface area contributed by atoms with Crippen molar-refractivity contribution in [2.45, 2.75) is 13.3 Å². The minimum atomic E-state index is -0.699. The smallest absolute Gasteiger partial charge is 0.310 e. The molecule has 0 radical (unpaired) electrons. The van der Waals surface area contributed by atoms with Gasteiger partial charge in [-0.2, -0.15) is 0 Å². The first kappa shape index (κ1) is 6.33. The largest absolute Gasteiger partial charge is 0.481 e. The van der Waals surface area contributed by atoms with Crippen molar-refractivity contribution < 1.29 is 9.90 Å². The lowest BCUT2D eigenvalue weighted by Gasteiger charge is -2.00. The third-order valence-corrected chi connectivity index (χ3v) is 1.61. The van der Waals surface area contributed by atoms with Crippen LogP contribution in [0.4, 0.5) is 0 Å². The number of hydrogen-bond donors (Lipinski definition) is 1. The predicted molar refractivity (Wildman–Crippen MR) is 34.0 cm³/mol. The van der Waals surface area contributed by atoms with Gasteiger partial charge in [-0.1, -0.05) is 19.1 Å². The van der Waals surface area contributed by atoms with Gasteiger partial charge in [-0.25, -0.2) is 0 Å². The predicted octanol–water partition coefficient (Wildman–Crippen LogP) is 1.28. The van der Waals surface area contributed by atoms with Crippen LogP contribution in [0.25, 0.3) is 0 Å². The molecule has 2 unspecified atom stereocenters. The van der Waals surface area contributed by atoms with E-state index in [1.165, 1.54) is 0 Å². The molecule has 1 aliphatic rings. The molecule has 1 aliphatic carbocycles. The lowest BCUT2D eigenvalue weighted by Crippen LogP contribution is -2.08. The third-order valence-electron chi connectivity index (χ3n) is 1.61. The Balaban J connectivity index is 2.50. The van der Waals surface area contributed by atoms with Crippen molar-refractivity contribution >= 4 is 5.97 Å². The third kappa shape index (κ3) is 1.31. The fraction of sp³-hybridized carbons (Fsp3) is 0.571. The van der Waals surface area contributed by atoms with E-state index in [4.69, 9.17) is 5.11 Å². The van der Waals surface area contributed by atoms with Gasteiger partial charge in [0, 0.05) is 0 Å². The highest BCUT2D eigenvalue weighted by molar-refractivity contribution is 5.72. The highest BCUT2D eigenvalue weighted by Crippen LogP contribution is 2.22. The highest BCUT2D eigenvalue weighted by atomic mass is 16.4. The summed E-state index contributed by atoms with van der Waals surface area (Å²) < 4.78 is 0. The second-order valence-corrected chi connectivity index (χ2v) is 2.54. The zero-order chi connectivity index (χ0) is 6.85. The summed E-state index contributed by atoms with van der Waals surface area (Å²) in [6.45, 7) is 2.03. The Bertz CT molecular complexity index is 149. The van der Waals surface area contributed by atoms with E-state index in [0.717, 1.165) is 6.42 Å². The molecule has 0 bridgehead atoms. The summed E-state index contributed by atoms with van der Waals surface area (Å²) >= 11 is 0. The van der Waals surface area contributed by atoms with Gasteiger partial charge in [0.15, 0.2) is 0 Å². The van der Waals surface area contributed by atoms with Crippen molar-refractivity contribution in [3.05, 3.63) is 12.2 Å². The number of aliphatic carboxylic acids is 1. The van der Waals surface area contributed by atoms with Crippen LogP contribution in [-0.2, 0) is 4.79 Å². The van der Waals surface area contributed by atoms with Gasteiger partial charge in [0.1, 0.15) is 0 Å². The van der Waals surface area contributed by atoms with Gasteiger partial charge < -0.3 is 5.11 Å². The summed E-state index contributed by atoms with van der Waals surface area (Å²) in [6, 6.07) is 0. The SMILES string of the molecule is CC1C=CC(C(=O)O)C1. The van der Waals surface area contributed by atoms with E-state index in [9.17, 15) is 4.79 Å². The molecule has 0 amide bonds. The summed E-state index contributed by atoms with van der Waals surface area (Å²) in [5.74, 6) is -0.471. The molecule has 0 aromatic rings. The summed E-state index contributed by atoms with van der Waals surface area (Å²) in [5, 5.41) is 8.48. The maximum absolute atomic E-state index is 10.3. The standard InChI is InChI=1S/C7H10O2/c1-5-2-3-6(4-5)7(8)9/h2-3,5-6H,4H2,1H3,(H,8,9). The van der Waals surface area contributed by atoms with Gasteiger partial charge in [0.2, 0.25) is 0 Å². The molecule has 2 heteroatoms. The minimum absolute atomic E-state index is 0.222. The van der Waals surface area contributed by atoms with Gasteiger partial charge in [0.25, 0.3) is 0 Å². The first-order valence-electron chi connectivity index (χ1n) is 3.11. The molecule has 50 valence electrons. The number of allylic oxidation sites excluding steroid dienone is 1. The monoisotopic (exact) mass is 126 g/mol. The highest BCUT2D eigenvalue weighted by Gasteiger charge is 2.20. The van der Waals surface area contributed by atoms with Crippen molar-refractivity contribution in [2.24, 2.45) is 11.8 Å². The van der Waals surface area contributed by atoms with Crippen LogP contribution < -0.4 is 0 Å². The summed E-state index contributed by atoms with van der Waals surface area (Å²) in [7, 11) is 0. The summed E-state index contributed by atoms with van der Waals surface area (Å²) in [4.78, 5) is 10.3. The normalized spacial score (nSPS) is 33.0. The number of carbonyl (C=O) groups is 1. The van der Waals surface area contributed by atoms with E-state index >= 15 is 0 Å².